The normalized spacial score (nSPS) is 10.2. The average Bonchev–Trinajstić information content (AvgIpc) is 2.47. The maximum absolute atomic E-state index is 12.4. The van der Waals surface area contributed by atoms with Crippen LogP contribution in [0.1, 0.15) is 17.3 Å². The second-order valence-electron chi connectivity index (χ2n) is 4.45. The topological polar surface area (TPSA) is 46.2 Å². The summed E-state index contributed by atoms with van der Waals surface area (Å²) in [6, 6.07) is 14.9. The summed E-state index contributed by atoms with van der Waals surface area (Å²) in [6.07, 6.45) is 0. The van der Waals surface area contributed by atoms with Gasteiger partial charge in [-0.25, -0.2) is 0 Å². The summed E-state index contributed by atoms with van der Waals surface area (Å²) in [6.45, 7) is 1.58. The van der Waals surface area contributed by atoms with Crippen LogP contribution in [-0.4, -0.2) is 26.6 Å². The predicted octanol–water partition coefficient (Wildman–Crippen LogP) is 3.04. The third-order valence-electron chi connectivity index (χ3n) is 2.66. The molecule has 0 aliphatic carbocycles. The molecular weight excluding hydrogens is 397 g/mol. The first-order chi connectivity index (χ1) is 10.1. The second-order valence-corrected chi connectivity index (χ2v) is 7.50. The number of amides is 1. The van der Waals surface area contributed by atoms with E-state index in [4.69, 9.17) is 0 Å². The molecule has 1 N–H and O–H groups in total. The van der Waals surface area contributed by atoms with Gasteiger partial charge in [-0.2, -0.15) is 0 Å². The Labute approximate surface area is 138 Å². The van der Waals surface area contributed by atoms with Crippen LogP contribution in [0.3, 0.4) is 0 Å². The zero-order valence-electron chi connectivity index (χ0n) is 11.4. The molecule has 5 heteroatoms. The van der Waals surface area contributed by atoms with Gasteiger partial charge in [0, 0.05) is 0 Å². The maximum atomic E-state index is 12.4. The predicted molar refractivity (Wildman–Crippen MR) is 89.4 cm³/mol. The van der Waals surface area contributed by atoms with E-state index < -0.39 is 0 Å². The van der Waals surface area contributed by atoms with Crippen molar-refractivity contribution in [3.63, 3.8) is 0 Å². The number of benzene rings is 2. The van der Waals surface area contributed by atoms with Crippen molar-refractivity contribution < 1.29 is 9.59 Å². The molecule has 2 aromatic carbocycles. The summed E-state index contributed by atoms with van der Waals surface area (Å²) >= 11 is 3.35. The number of hydrogen-bond acceptors (Lipinski definition) is 2. The third-order valence-corrected chi connectivity index (χ3v) is 5.75. The van der Waals surface area contributed by atoms with E-state index >= 15 is 0 Å². The van der Waals surface area contributed by atoms with Gasteiger partial charge in [0.05, 0.1) is 0 Å². The van der Waals surface area contributed by atoms with Crippen molar-refractivity contribution in [1.29, 1.82) is 0 Å². The average molecular weight is 411 g/mol. The Morgan fingerprint density at radius 2 is 1.76 bits per heavy atom. The summed E-state index contributed by atoms with van der Waals surface area (Å²) in [4.78, 5) is 23.5. The van der Waals surface area contributed by atoms with E-state index in [0.717, 1.165) is 14.6 Å². The molecule has 0 saturated heterocycles. The molecule has 0 bridgehead atoms. The number of halogens is 1. The van der Waals surface area contributed by atoms with Crippen molar-refractivity contribution in [3.8, 4) is 0 Å². The van der Waals surface area contributed by atoms with Gasteiger partial charge in [0.25, 0.3) is 0 Å². The molecular formula is C16H14BrNO2Se. The van der Waals surface area contributed by atoms with Crippen molar-refractivity contribution in [3.05, 3.63) is 58.6 Å². The molecule has 3 nitrogen and oxygen atoms in total. The quantitative estimate of drug-likeness (QED) is 0.770. The van der Waals surface area contributed by atoms with Gasteiger partial charge in [-0.05, 0) is 0 Å². The molecule has 0 aliphatic rings. The van der Waals surface area contributed by atoms with Crippen molar-refractivity contribution in [1.82, 2.24) is 0 Å². The van der Waals surface area contributed by atoms with E-state index in [0.29, 0.717) is 10.9 Å². The van der Waals surface area contributed by atoms with Gasteiger partial charge in [0.1, 0.15) is 0 Å². The SMILES string of the molecule is CC(=O)C[Se]c1ccccc1C(=O)Nc1ccc(Br)cc1. The fourth-order valence-electron chi connectivity index (χ4n) is 1.69. The molecule has 0 spiro atoms. The Balaban J connectivity index is 2.14. The fourth-order valence-corrected chi connectivity index (χ4v) is 3.74. The number of ketones is 1. The van der Waals surface area contributed by atoms with Crippen LogP contribution in [0, 0.1) is 0 Å². The molecule has 0 heterocycles. The van der Waals surface area contributed by atoms with Gasteiger partial charge in [0.2, 0.25) is 0 Å². The molecule has 0 atom stereocenters. The van der Waals surface area contributed by atoms with E-state index in [1.807, 2.05) is 42.5 Å². The summed E-state index contributed by atoms with van der Waals surface area (Å²) < 4.78 is 1.92. The molecule has 2 rings (SSSR count). The number of carbonyl (C=O) groups excluding carboxylic acids is 2. The molecule has 0 aromatic heterocycles. The van der Waals surface area contributed by atoms with Gasteiger partial charge >= 0.3 is 138 Å². The van der Waals surface area contributed by atoms with Crippen LogP contribution in [0.5, 0.6) is 0 Å². The van der Waals surface area contributed by atoms with Crippen LogP contribution in [0.2, 0.25) is 5.32 Å². The molecule has 0 unspecified atom stereocenters. The van der Waals surface area contributed by atoms with Crippen LogP contribution < -0.4 is 9.78 Å². The van der Waals surface area contributed by atoms with E-state index in [-0.39, 0.29) is 26.6 Å². The Morgan fingerprint density at radius 1 is 1.10 bits per heavy atom. The molecule has 0 fully saturated rings. The van der Waals surface area contributed by atoms with Crippen LogP contribution in [0.4, 0.5) is 5.69 Å². The molecule has 108 valence electrons. The third kappa shape index (κ3) is 4.81. The minimum absolute atomic E-state index is 0.0144. The van der Waals surface area contributed by atoms with Crippen molar-refractivity contribution in [2.75, 3.05) is 5.32 Å². The Bertz CT molecular complexity index is 656. The van der Waals surface area contributed by atoms with E-state index in [1.165, 1.54) is 0 Å². The number of anilines is 1. The Hall–Kier alpha value is -1.42. The standard InChI is InChI=1S/C16H14BrNO2Se/c1-11(19)10-21-15-5-3-2-4-14(15)16(20)18-13-8-6-12(17)7-9-13/h2-9H,10H2,1H3,(H,18,20). The second kappa shape index (κ2) is 7.55. The van der Waals surface area contributed by atoms with Crippen LogP contribution in [-0.2, 0) is 4.79 Å². The molecule has 21 heavy (non-hydrogen) atoms. The monoisotopic (exact) mass is 411 g/mol. The molecule has 1 amide bonds. The van der Waals surface area contributed by atoms with Gasteiger partial charge in [0.15, 0.2) is 0 Å². The van der Waals surface area contributed by atoms with Gasteiger partial charge in [-0.15, -0.1) is 0 Å². The summed E-state index contributed by atoms with van der Waals surface area (Å²) in [5, 5.41) is 3.39. The van der Waals surface area contributed by atoms with Gasteiger partial charge in [-0.1, -0.05) is 0 Å². The molecule has 0 saturated carbocycles. The van der Waals surface area contributed by atoms with Crippen LogP contribution in [0.25, 0.3) is 0 Å². The first-order valence-electron chi connectivity index (χ1n) is 6.34. The molecule has 0 radical (unpaired) electrons. The first kappa shape index (κ1) is 16.0. The van der Waals surface area contributed by atoms with E-state index in [1.54, 1.807) is 13.0 Å². The summed E-state index contributed by atoms with van der Waals surface area (Å²) in [5.41, 5.74) is 1.39. The fraction of sp³-hybridized carbons (Fsp3) is 0.125. The van der Waals surface area contributed by atoms with E-state index in [9.17, 15) is 9.59 Å². The number of rotatable bonds is 5. The van der Waals surface area contributed by atoms with Gasteiger partial charge in [-0.3, -0.25) is 0 Å². The van der Waals surface area contributed by atoms with Crippen LogP contribution in [0.15, 0.2) is 53.0 Å². The first-order valence-corrected chi connectivity index (χ1v) is 9.20. The minimum atomic E-state index is -0.140. The van der Waals surface area contributed by atoms with Crippen molar-refractivity contribution in [2.45, 2.75) is 12.2 Å². The summed E-state index contributed by atoms with van der Waals surface area (Å²) in [7, 11) is 0. The number of hydrogen-bond donors (Lipinski definition) is 1. The zero-order valence-corrected chi connectivity index (χ0v) is 14.7. The van der Waals surface area contributed by atoms with Crippen molar-refractivity contribution >= 4 is 52.7 Å². The van der Waals surface area contributed by atoms with Crippen LogP contribution >= 0.6 is 15.9 Å². The molecule has 2 aromatic rings. The zero-order chi connectivity index (χ0) is 15.2. The number of nitrogens with one attached hydrogen (secondary N) is 1. The Morgan fingerprint density at radius 3 is 2.43 bits per heavy atom. The van der Waals surface area contributed by atoms with E-state index in [2.05, 4.69) is 21.2 Å². The number of carbonyl (C=O) groups is 2. The Kier molecular flexibility index (Phi) is 5.74. The molecule has 0 aliphatic heterocycles. The number of Topliss-reactive ketones (excluding diaryl/α,β-unsaturated/α-hetero) is 1. The van der Waals surface area contributed by atoms with Gasteiger partial charge < -0.3 is 0 Å². The summed E-state index contributed by atoms with van der Waals surface area (Å²) in [5.74, 6) is 0.0106. The van der Waals surface area contributed by atoms with Crippen molar-refractivity contribution in [2.24, 2.45) is 0 Å².